The lowest BCUT2D eigenvalue weighted by Gasteiger charge is -2.10. The minimum atomic E-state index is -0.922. The van der Waals surface area contributed by atoms with Crippen LogP contribution in [0, 0.1) is 6.92 Å². The molecule has 21 heavy (non-hydrogen) atoms. The van der Waals surface area contributed by atoms with Gasteiger partial charge in [-0.2, -0.15) is 0 Å². The Hall–Kier alpha value is -2.49. The molecule has 1 N–H and O–H groups in total. The minimum absolute atomic E-state index is 0.289. The maximum atomic E-state index is 11.2. The third kappa shape index (κ3) is 2.84. The predicted octanol–water partition coefficient (Wildman–Crippen LogP) is 3.52. The van der Waals surface area contributed by atoms with E-state index in [0.717, 1.165) is 28.9 Å². The second-order valence-corrected chi connectivity index (χ2v) is 5.10. The van der Waals surface area contributed by atoms with E-state index >= 15 is 0 Å². The number of carboxylic acids is 1. The zero-order valence-corrected chi connectivity index (χ0v) is 11.8. The van der Waals surface area contributed by atoms with Gasteiger partial charge in [0.25, 0.3) is 0 Å². The first kappa shape index (κ1) is 13.5. The molecule has 0 amide bonds. The number of rotatable bonds is 2. The van der Waals surface area contributed by atoms with Crippen LogP contribution in [-0.2, 0) is 0 Å². The van der Waals surface area contributed by atoms with Gasteiger partial charge < -0.3 is 14.6 Å². The summed E-state index contributed by atoms with van der Waals surface area (Å²) in [4.78, 5) is 11.2. The second kappa shape index (κ2) is 5.48. The molecule has 0 aliphatic carbocycles. The van der Waals surface area contributed by atoms with E-state index in [1.165, 1.54) is 0 Å². The van der Waals surface area contributed by atoms with Gasteiger partial charge in [0, 0.05) is 6.42 Å². The predicted molar refractivity (Wildman–Crippen MR) is 79.2 cm³/mol. The Balaban J connectivity index is 2.04. The highest BCUT2D eigenvalue weighted by Crippen LogP contribution is 2.34. The maximum absolute atomic E-state index is 11.2. The van der Waals surface area contributed by atoms with Crippen molar-refractivity contribution in [2.24, 2.45) is 0 Å². The Morgan fingerprint density at radius 1 is 1.00 bits per heavy atom. The number of carboxylic acid groups (broad SMARTS) is 1. The summed E-state index contributed by atoms with van der Waals surface area (Å²) in [6, 6.07) is 11.0. The number of hydrogen-bond acceptors (Lipinski definition) is 3. The Kier molecular flexibility index (Phi) is 3.52. The van der Waals surface area contributed by atoms with Gasteiger partial charge in [0.05, 0.1) is 18.8 Å². The number of aryl methyl sites for hydroxylation is 1. The summed E-state index contributed by atoms with van der Waals surface area (Å²) < 4.78 is 11.3. The summed E-state index contributed by atoms with van der Waals surface area (Å²) in [6.07, 6.45) is 0.859. The van der Waals surface area contributed by atoms with Crippen LogP contribution in [0.3, 0.4) is 0 Å². The maximum Gasteiger partial charge on any atom is 0.335 e. The SMILES string of the molecule is Cc1cc(C(=O)O)cc(-c2ccc3c(c2)OCCCO3)c1. The van der Waals surface area contributed by atoms with Gasteiger partial charge in [-0.15, -0.1) is 0 Å². The molecule has 0 unspecified atom stereocenters. The lowest BCUT2D eigenvalue weighted by atomic mass is 10.00. The molecule has 2 aromatic rings. The van der Waals surface area contributed by atoms with Crippen LogP contribution < -0.4 is 9.47 Å². The fourth-order valence-electron chi connectivity index (χ4n) is 2.42. The molecule has 0 bridgehead atoms. The van der Waals surface area contributed by atoms with E-state index in [-0.39, 0.29) is 5.56 Å². The molecule has 0 aromatic heterocycles. The quantitative estimate of drug-likeness (QED) is 0.916. The molecule has 108 valence electrons. The third-order valence-electron chi connectivity index (χ3n) is 3.41. The first-order valence-electron chi connectivity index (χ1n) is 6.88. The number of fused-ring (bicyclic) bond motifs is 1. The van der Waals surface area contributed by atoms with Gasteiger partial charge in [-0.05, 0) is 47.9 Å². The normalized spacial score (nSPS) is 13.6. The Morgan fingerprint density at radius 2 is 1.76 bits per heavy atom. The van der Waals surface area contributed by atoms with Crippen molar-refractivity contribution in [3.05, 3.63) is 47.5 Å². The van der Waals surface area contributed by atoms with Gasteiger partial charge in [-0.3, -0.25) is 0 Å². The summed E-state index contributed by atoms with van der Waals surface area (Å²) in [5.41, 5.74) is 2.99. The molecule has 4 heteroatoms. The van der Waals surface area contributed by atoms with Gasteiger partial charge in [0.15, 0.2) is 11.5 Å². The third-order valence-corrected chi connectivity index (χ3v) is 3.41. The van der Waals surface area contributed by atoms with Crippen LogP contribution in [0.15, 0.2) is 36.4 Å². The van der Waals surface area contributed by atoms with E-state index in [0.29, 0.717) is 19.0 Å². The second-order valence-electron chi connectivity index (χ2n) is 5.10. The molecular formula is C17H16O4. The number of ether oxygens (including phenoxy) is 2. The molecule has 0 saturated heterocycles. The molecule has 0 atom stereocenters. The van der Waals surface area contributed by atoms with Crippen molar-refractivity contribution in [3.8, 4) is 22.6 Å². The van der Waals surface area contributed by atoms with Crippen molar-refractivity contribution < 1.29 is 19.4 Å². The van der Waals surface area contributed by atoms with Gasteiger partial charge in [0.2, 0.25) is 0 Å². The Morgan fingerprint density at radius 3 is 2.52 bits per heavy atom. The van der Waals surface area contributed by atoms with Crippen LogP contribution in [0.25, 0.3) is 11.1 Å². The Labute approximate surface area is 122 Å². The zero-order valence-electron chi connectivity index (χ0n) is 11.8. The molecular weight excluding hydrogens is 268 g/mol. The van der Waals surface area contributed by atoms with Crippen LogP contribution in [0.1, 0.15) is 22.3 Å². The summed E-state index contributed by atoms with van der Waals surface area (Å²) in [5, 5.41) is 9.17. The van der Waals surface area contributed by atoms with Crippen molar-refractivity contribution in [2.75, 3.05) is 13.2 Å². The summed E-state index contributed by atoms with van der Waals surface area (Å²) in [7, 11) is 0. The summed E-state index contributed by atoms with van der Waals surface area (Å²) in [5.74, 6) is 0.528. The van der Waals surface area contributed by atoms with Gasteiger partial charge in [-0.25, -0.2) is 4.79 Å². The van der Waals surface area contributed by atoms with Crippen molar-refractivity contribution >= 4 is 5.97 Å². The zero-order chi connectivity index (χ0) is 14.8. The van der Waals surface area contributed by atoms with Crippen molar-refractivity contribution in [1.29, 1.82) is 0 Å². The van der Waals surface area contributed by atoms with Crippen molar-refractivity contribution in [1.82, 2.24) is 0 Å². The highest BCUT2D eigenvalue weighted by Gasteiger charge is 2.13. The van der Waals surface area contributed by atoms with E-state index in [1.54, 1.807) is 12.1 Å². The molecule has 0 saturated carbocycles. The molecule has 0 radical (unpaired) electrons. The Bertz CT molecular complexity index is 691. The first-order valence-corrected chi connectivity index (χ1v) is 6.88. The number of hydrogen-bond donors (Lipinski definition) is 1. The number of benzene rings is 2. The van der Waals surface area contributed by atoms with E-state index in [1.807, 2.05) is 31.2 Å². The highest BCUT2D eigenvalue weighted by atomic mass is 16.5. The van der Waals surface area contributed by atoms with Crippen molar-refractivity contribution in [3.63, 3.8) is 0 Å². The average Bonchev–Trinajstić information content (AvgIpc) is 2.70. The largest absolute Gasteiger partial charge is 0.490 e. The summed E-state index contributed by atoms with van der Waals surface area (Å²) in [6.45, 7) is 3.17. The van der Waals surface area contributed by atoms with Crippen LogP contribution in [0.5, 0.6) is 11.5 Å². The van der Waals surface area contributed by atoms with Gasteiger partial charge >= 0.3 is 5.97 Å². The topological polar surface area (TPSA) is 55.8 Å². The molecule has 1 aliphatic rings. The lowest BCUT2D eigenvalue weighted by molar-refractivity contribution is 0.0697. The number of carbonyl (C=O) groups is 1. The molecule has 4 nitrogen and oxygen atoms in total. The van der Waals surface area contributed by atoms with Gasteiger partial charge in [-0.1, -0.05) is 12.1 Å². The number of aromatic carboxylic acids is 1. The van der Waals surface area contributed by atoms with Gasteiger partial charge in [0.1, 0.15) is 0 Å². The van der Waals surface area contributed by atoms with Crippen molar-refractivity contribution in [2.45, 2.75) is 13.3 Å². The summed E-state index contributed by atoms with van der Waals surface area (Å²) >= 11 is 0. The van der Waals surface area contributed by atoms with Crippen LogP contribution in [0.2, 0.25) is 0 Å². The molecule has 1 heterocycles. The monoisotopic (exact) mass is 284 g/mol. The minimum Gasteiger partial charge on any atom is -0.490 e. The van der Waals surface area contributed by atoms with Crippen LogP contribution in [0.4, 0.5) is 0 Å². The molecule has 1 aliphatic heterocycles. The van der Waals surface area contributed by atoms with E-state index < -0.39 is 5.97 Å². The average molecular weight is 284 g/mol. The fraction of sp³-hybridized carbons (Fsp3) is 0.235. The van der Waals surface area contributed by atoms with E-state index in [2.05, 4.69) is 0 Å². The molecule has 0 spiro atoms. The lowest BCUT2D eigenvalue weighted by Crippen LogP contribution is -1.98. The first-order chi connectivity index (χ1) is 10.1. The van der Waals surface area contributed by atoms with Crippen LogP contribution in [-0.4, -0.2) is 24.3 Å². The molecule has 3 rings (SSSR count). The molecule has 2 aromatic carbocycles. The smallest absolute Gasteiger partial charge is 0.335 e. The van der Waals surface area contributed by atoms with E-state index in [9.17, 15) is 4.79 Å². The van der Waals surface area contributed by atoms with E-state index in [4.69, 9.17) is 14.6 Å². The molecule has 0 fully saturated rings. The van der Waals surface area contributed by atoms with Crippen LogP contribution >= 0.6 is 0 Å². The fourth-order valence-corrected chi connectivity index (χ4v) is 2.42. The standard InChI is InChI=1S/C17H16O4/c1-11-7-13(9-14(8-11)17(18)19)12-3-4-15-16(10-12)21-6-2-5-20-15/h3-4,7-10H,2,5-6H2,1H3,(H,18,19). The highest BCUT2D eigenvalue weighted by molar-refractivity contribution is 5.90.